The predicted octanol–water partition coefficient (Wildman–Crippen LogP) is 2.69. The molecule has 0 spiro atoms. The van der Waals surface area contributed by atoms with Crippen molar-refractivity contribution in [1.82, 2.24) is 14.8 Å². The smallest absolute Gasteiger partial charge is 0.231 e. The van der Waals surface area contributed by atoms with Crippen LogP contribution in [0.4, 0.5) is 0 Å². The van der Waals surface area contributed by atoms with Crippen LogP contribution in [0.5, 0.6) is 11.5 Å². The number of fused-ring (bicyclic) bond motifs is 2. The summed E-state index contributed by atoms with van der Waals surface area (Å²) in [5.41, 5.74) is 3.93. The van der Waals surface area contributed by atoms with Gasteiger partial charge in [-0.05, 0) is 55.4 Å². The molecule has 2 aliphatic heterocycles. The molecule has 25 heavy (non-hydrogen) atoms. The van der Waals surface area contributed by atoms with Crippen LogP contribution < -0.4 is 9.47 Å². The second kappa shape index (κ2) is 7.42. The van der Waals surface area contributed by atoms with Crippen LogP contribution in [-0.4, -0.2) is 48.3 Å². The lowest BCUT2D eigenvalue weighted by Gasteiger charge is -2.19. The van der Waals surface area contributed by atoms with Gasteiger partial charge in [0.25, 0.3) is 0 Å². The molecular formula is C20H25N3O2. The van der Waals surface area contributed by atoms with Gasteiger partial charge in [-0.3, -0.25) is 9.88 Å². The number of benzene rings is 1. The third-order valence-electron chi connectivity index (χ3n) is 4.97. The van der Waals surface area contributed by atoms with Gasteiger partial charge >= 0.3 is 0 Å². The van der Waals surface area contributed by atoms with Gasteiger partial charge in [0.15, 0.2) is 11.5 Å². The van der Waals surface area contributed by atoms with Gasteiger partial charge in [0, 0.05) is 44.5 Å². The van der Waals surface area contributed by atoms with Crippen LogP contribution in [0, 0.1) is 0 Å². The third kappa shape index (κ3) is 3.94. The quantitative estimate of drug-likeness (QED) is 0.775. The van der Waals surface area contributed by atoms with E-state index in [2.05, 4.69) is 46.1 Å². The third-order valence-corrected chi connectivity index (χ3v) is 4.97. The Kier molecular flexibility index (Phi) is 4.85. The predicted molar refractivity (Wildman–Crippen MR) is 96.7 cm³/mol. The number of hydrogen-bond donors (Lipinski definition) is 0. The summed E-state index contributed by atoms with van der Waals surface area (Å²) < 4.78 is 11.0. The van der Waals surface area contributed by atoms with Crippen molar-refractivity contribution in [3.8, 4) is 11.5 Å². The Morgan fingerprint density at radius 1 is 1.08 bits per heavy atom. The Balaban J connectivity index is 1.19. The van der Waals surface area contributed by atoms with Gasteiger partial charge < -0.3 is 14.4 Å². The Morgan fingerprint density at radius 3 is 2.52 bits per heavy atom. The highest BCUT2D eigenvalue weighted by Crippen LogP contribution is 2.37. The fraction of sp³-hybridized carbons (Fsp3) is 0.450. The molecule has 3 heterocycles. The zero-order valence-electron chi connectivity index (χ0n) is 14.8. The lowest BCUT2D eigenvalue weighted by molar-refractivity contribution is 0.173. The number of pyridine rings is 1. The maximum absolute atomic E-state index is 5.48. The van der Waals surface area contributed by atoms with Gasteiger partial charge in [0.2, 0.25) is 6.79 Å². The summed E-state index contributed by atoms with van der Waals surface area (Å²) in [6.45, 7) is 5.68. The van der Waals surface area contributed by atoms with E-state index in [9.17, 15) is 0 Å². The molecule has 132 valence electrons. The molecule has 0 saturated carbocycles. The van der Waals surface area contributed by atoms with Crippen LogP contribution in [0.1, 0.15) is 23.2 Å². The Labute approximate surface area is 149 Å². The number of ether oxygens (including phenoxy) is 2. The second-order valence-corrected chi connectivity index (χ2v) is 6.91. The van der Waals surface area contributed by atoms with E-state index < -0.39 is 0 Å². The molecular weight excluding hydrogens is 314 g/mol. The molecule has 0 unspecified atom stereocenters. The van der Waals surface area contributed by atoms with Crippen molar-refractivity contribution >= 4 is 0 Å². The van der Waals surface area contributed by atoms with Crippen molar-refractivity contribution in [3.05, 3.63) is 53.3 Å². The molecule has 2 aromatic rings. The van der Waals surface area contributed by atoms with Gasteiger partial charge in [0.05, 0.1) is 0 Å². The van der Waals surface area contributed by atoms with Crippen LogP contribution in [0.2, 0.25) is 0 Å². The maximum Gasteiger partial charge on any atom is 0.231 e. The van der Waals surface area contributed by atoms with Crippen molar-refractivity contribution in [3.63, 3.8) is 0 Å². The molecule has 0 amide bonds. The minimum absolute atomic E-state index is 0.354. The summed E-state index contributed by atoms with van der Waals surface area (Å²) in [6.07, 6.45) is 4.06. The molecule has 0 bridgehead atoms. The standard InChI is InChI=1S/C20H25N3O2/c1-22(10-6-18-5-2-3-7-21-18)8-4-9-23-13-16-11-19-20(25-15-24-19)12-17(16)14-23/h2-3,5,7,11-12H,4,6,8-10,13-15H2,1H3. The first-order valence-corrected chi connectivity index (χ1v) is 9.00. The van der Waals surface area contributed by atoms with Gasteiger partial charge in [-0.15, -0.1) is 0 Å². The van der Waals surface area contributed by atoms with Crippen molar-refractivity contribution in [1.29, 1.82) is 0 Å². The number of rotatable bonds is 7. The lowest BCUT2D eigenvalue weighted by Crippen LogP contribution is -2.26. The number of likely N-dealkylation sites (N-methyl/N-ethyl adjacent to an activating group) is 1. The zero-order valence-corrected chi connectivity index (χ0v) is 14.8. The Bertz CT molecular complexity index is 687. The summed E-state index contributed by atoms with van der Waals surface area (Å²) in [6, 6.07) is 10.4. The molecule has 4 rings (SSSR count). The molecule has 0 N–H and O–H groups in total. The molecule has 5 nitrogen and oxygen atoms in total. The highest BCUT2D eigenvalue weighted by atomic mass is 16.7. The van der Waals surface area contributed by atoms with E-state index in [-0.39, 0.29) is 0 Å². The highest BCUT2D eigenvalue weighted by molar-refractivity contribution is 5.49. The Morgan fingerprint density at radius 2 is 1.84 bits per heavy atom. The molecule has 0 atom stereocenters. The van der Waals surface area contributed by atoms with Crippen LogP contribution in [0.15, 0.2) is 36.5 Å². The summed E-state index contributed by atoms with van der Waals surface area (Å²) in [4.78, 5) is 9.29. The molecule has 2 aliphatic rings. The van der Waals surface area contributed by atoms with Crippen LogP contribution in [0.25, 0.3) is 0 Å². The van der Waals surface area contributed by atoms with E-state index in [0.29, 0.717) is 6.79 Å². The average Bonchev–Trinajstić information content (AvgIpc) is 3.24. The first-order valence-electron chi connectivity index (χ1n) is 9.00. The monoisotopic (exact) mass is 339 g/mol. The van der Waals surface area contributed by atoms with Crippen molar-refractivity contribution < 1.29 is 9.47 Å². The first kappa shape index (κ1) is 16.4. The van der Waals surface area contributed by atoms with E-state index >= 15 is 0 Å². The molecule has 5 heteroatoms. The Hall–Kier alpha value is -2.11. The number of hydrogen-bond acceptors (Lipinski definition) is 5. The van der Waals surface area contributed by atoms with Crippen LogP contribution in [0.3, 0.4) is 0 Å². The minimum atomic E-state index is 0.354. The largest absolute Gasteiger partial charge is 0.454 e. The molecule has 1 aromatic carbocycles. The summed E-state index contributed by atoms with van der Waals surface area (Å²) >= 11 is 0. The number of aromatic nitrogens is 1. The molecule has 0 saturated heterocycles. The maximum atomic E-state index is 5.48. The van der Waals surface area contributed by atoms with Crippen molar-refractivity contribution in [2.75, 3.05) is 33.5 Å². The summed E-state index contributed by atoms with van der Waals surface area (Å²) in [5, 5.41) is 0. The fourth-order valence-electron chi connectivity index (χ4n) is 3.54. The first-order chi connectivity index (χ1) is 12.3. The molecule has 0 fully saturated rings. The van der Waals surface area contributed by atoms with E-state index in [4.69, 9.17) is 9.47 Å². The zero-order chi connectivity index (χ0) is 17.1. The molecule has 0 aliphatic carbocycles. The molecule has 1 aromatic heterocycles. The normalized spacial score (nSPS) is 15.8. The van der Waals surface area contributed by atoms with Crippen LogP contribution in [-0.2, 0) is 19.5 Å². The van der Waals surface area contributed by atoms with E-state index in [1.165, 1.54) is 23.2 Å². The second-order valence-electron chi connectivity index (χ2n) is 6.91. The summed E-state index contributed by atoms with van der Waals surface area (Å²) in [5.74, 6) is 1.80. The molecule has 0 radical (unpaired) electrons. The van der Waals surface area contributed by atoms with Crippen molar-refractivity contribution in [2.45, 2.75) is 25.9 Å². The van der Waals surface area contributed by atoms with Crippen molar-refractivity contribution in [2.24, 2.45) is 0 Å². The van der Waals surface area contributed by atoms with Gasteiger partial charge in [0.1, 0.15) is 0 Å². The lowest BCUT2D eigenvalue weighted by atomic mass is 10.1. The van der Waals surface area contributed by atoms with Gasteiger partial charge in [-0.1, -0.05) is 6.07 Å². The van der Waals surface area contributed by atoms with E-state index in [1.807, 2.05) is 12.3 Å². The van der Waals surface area contributed by atoms with Crippen LogP contribution >= 0.6 is 0 Å². The van der Waals surface area contributed by atoms with E-state index in [1.54, 1.807) is 0 Å². The van der Waals surface area contributed by atoms with E-state index in [0.717, 1.165) is 50.6 Å². The fourth-order valence-corrected chi connectivity index (χ4v) is 3.54. The minimum Gasteiger partial charge on any atom is -0.454 e. The topological polar surface area (TPSA) is 37.8 Å². The summed E-state index contributed by atoms with van der Waals surface area (Å²) in [7, 11) is 2.20. The van der Waals surface area contributed by atoms with Gasteiger partial charge in [-0.2, -0.15) is 0 Å². The average molecular weight is 339 g/mol. The SMILES string of the molecule is CN(CCCN1Cc2cc3c(cc2C1)OCO3)CCc1ccccn1. The number of nitrogens with zero attached hydrogens (tertiary/aromatic N) is 3. The van der Waals surface area contributed by atoms with Gasteiger partial charge in [-0.25, -0.2) is 0 Å². The highest BCUT2D eigenvalue weighted by Gasteiger charge is 2.24.